The van der Waals surface area contributed by atoms with E-state index in [0.29, 0.717) is 45.2 Å². The zero-order valence-electron chi connectivity index (χ0n) is 12.9. The number of rotatable bonds is 3. The minimum Gasteiger partial charge on any atom is -0.378 e. The lowest BCUT2D eigenvalue weighted by Crippen LogP contribution is -2.48. The molecule has 8 nitrogen and oxygen atoms in total. The molecule has 0 aromatic carbocycles. The summed E-state index contributed by atoms with van der Waals surface area (Å²) in [6.45, 7) is 3.57. The lowest BCUT2D eigenvalue weighted by molar-refractivity contribution is -0.384. The van der Waals surface area contributed by atoms with Crippen LogP contribution in [0.1, 0.15) is 12.8 Å². The second-order valence-corrected chi connectivity index (χ2v) is 5.83. The normalized spacial score (nSPS) is 22.0. The molecule has 3 heterocycles. The summed E-state index contributed by atoms with van der Waals surface area (Å²) in [4.78, 5) is 31.3. The summed E-state index contributed by atoms with van der Waals surface area (Å²) in [5, 5.41) is 11.2. The molecule has 1 amide bonds. The molecule has 2 aliphatic heterocycles. The molecule has 0 aliphatic carbocycles. The highest BCUT2D eigenvalue weighted by molar-refractivity contribution is 5.80. The van der Waals surface area contributed by atoms with Gasteiger partial charge in [-0.2, -0.15) is 0 Å². The lowest BCUT2D eigenvalue weighted by Gasteiger charge is -2.36. The summed E-state index contributed by atoms with van der Waals surface area (Å²) < 4.78 is 5.28. The first kappa shape index (κ1) is 15.7. The number of piperidine rings is 1. The summed E-state index contributed by atoms with van der Waals surface area (Å²) in [5.74, 6) is 0.344. The van der Waals surface area contributed by atoms with Crippen molar-refractivity contribution in [2.45, 2.75) is 12.8 Å². The Morgan fingerprint density at radius 1 is 1.35 bits per heavy atom. The molecule has 1 aromatic rings. The fraction of sp³-hybridized carbons (Fsp3) is 0.600. The molecule has 0 radical (unpaired) electrons. The van der Waals surface area contributed by atoms with Gasteiger partial charge in [0, 0.05) is 38.4 Å². The predicted octanol–water partition coefficient (Wildman–Crippen LogP) is 1.07. The molecule has 1 atom stereocenters. The van der Waals surface area contributed by atoms with Crippen molar-refractivity contribution < 1.29 is 14.5 Å². The number of anilines is 1. The SMILES string of the molecule is O=C([C@@H]1CCCN(c2ncccc2[N+](=O)[O-])C1)N1CCOCC1. The van der Waals surface area contributed by atoms with E-state index in [9.17, 15) is 14.9 Å². The topological polar surface area (TPSA) is 88.8 Å². The van der Waals surface area contributed by atoms with Crippen molar-refractivity contribution in [1.29, 1.82) is 0 Å². The average molecular weight is 320 g/mol. The predicted molar refractivity (Wildman–Crippen MR) is 83.2 cm³/mol. The van der Waals surface area contributed by atoms with Crippen molar-refractivity contribution in [3.8, 4) is 0 Å². The van der Waals surface area contributed by atoms with Crippen LogP contribution in [-0.2, 0) is 9.53 Å². The summed E-state index contributed by atoms with van der Waals surface area (Å²) in [5.41, 5.74) is -0.00743. The summed E-state index contributed by atoms with van der Waals surface area (Å²) in [6.07, 6.45) is 3.19. The highest BCUT2D eigenvalue weighted by Crippen LogP contribution is 2.29. The molecule has 0 unspecified atom stereocenters. The molecule has 124 valence electrons. The van der Waals surface area contributed by atoms with E-state index >= 15 is 0 Å². The van der Waals surface area contributed by atoms with Crippen molar-refractivity contribution >= 4 is 17.4 Å². The molecule has 2 saturated heterocycles. The highest BCUT2D eigenvalue weighted by Gasteiger charge is 2.32. The molecular formula is C15H20N4O4. The van der Waals surface area contributed by atoms with Crippen molar-refractivity contribution in [2.24, 2.45) is 5.92 Å². The number of pyridine rings is 1. The Balaban J connectivity index is 1.73. The average Bonchev–Trinajstić information content (AvgIpc) is 2.62. The fourth-order valence-corrected chi connectivity index (χ4v) is 3.19. The second kappa shape index (κ2) is 6.91. The van der Waals surface area contributed by atoms with Crippen LogP contribution < -0.4 is 4.90 Å². The quantitative estimate of drug-likeness (QED) is 0.611. The third-order valence-electron chi connectivity index (χ3n) is 4.36. The van der Waals surface area contributed by atoms with Crippen LogP contribution in [0.2, 0.25) is 0 Å². The first-order valence-corrected chi connectivity index (χ1v) is 7.87. The maximum absolute atomic E-state index is 12.6. The number of hydrogen-bond acceptors (Lipinski definition) is 6. The van der Waals surface area contributed by atoms with Crippen LogP contribution in [0.4, 0.5) is 11.5 Å². The molecule has 1 aromatic heterocycles. The van der Waals surface area contributed by atoms with Crippen molar-refractivity contribution in [3.05, 3.63) is 28.4 Å². The zero-order valence-corrected chi connectivity index (χ0v) is 12.9. The Morgan fingerprint density at radius 2 is 2.13 bits per heavy atom. The van der Waals surface area contributed by atoms with E-state index in [0.717, 1.165) is 12.8 Å². The van der Waals surface area contributed by atoms with E-state index in [-0.39, 0.29) is 17.5 Å². The van der Waals surface area contributed by atoms with Crippen LogP contribution in [0.5, 0.6) is 0 Å². The third-order valence-corrected chi connectivity index (χ3v) is 4.36. The van der Waals surface area contributed by atoms with Crippen molar-refractivity contribution in [1.82, 2.24) is 9.88 Å². The Morgan fingerprint density at radius 3 is 2.87 bits per heavy atom. The molecule has 8 heteroatoms. The number of hydrogen-bond donors (Lipinski definition) is 0. The van der Waals surface area contributed by atoms with Crippen LogP contribution in [-0.4, -0.2) is 60.1 Å². The van der Waals surface area contributed by atoms with Gasteiger partial charge in [-0.05, 0) is 18.9 Å². The summed E-state index contributed by atoms with van der Waals surface area (Å²) >= 11 is 0. The molecule has 0 bridgehead atoms. The number of carbonyl (C=O) groups excluding carboxylic acids is 1. The van der Waals surface area contributed by atoms with Gasteiger partial charge in [0.2, 0.25) is 11.7 Å². The fourth-order valence-electron chi connectivity index (χ4n) is 3.19. The number of nitrogens with zero attached hydrogens (tertiary/aromatic N) is 4. The van der Waals surface area contributed by atoms with Crippen molar-refractivity contribution in [3.63, 3.8) is 0 Å². The molecule has 2 aliphatic rings. The minimum absolute atomic E-state index is 0.00743. The van der Waals surface area contributed by atoms with Crippen LogP contribution in [0, 0.1) is 16.0 Å². The van der Waals surface area contributed by atoms with Crippen molar-refractivity contribution in [2.75, 3.05) is 44.3 Å². The van der Waals surface area contributed by atoms with E-state index < -0.39 is 4.92 Å². The number of morpholine rings is 1. The summed E-state index contributed by atoms with van der Waals surface area (Å²) in [7, 11) is 0. The number of carbonyl (C=O) groups is 1. The second-order valence-electron chi connectivity index (χ2n) is 5.83. The van der Waals surface area contributed by atoms with Gasteiger partial charge < -0.3 is 14.5 Å². The molecule has 0 spiro atoms. The van der Waals surface area contributed by atoms with Gasteiger partial charge in [-0.25, -0.2) is 4.98 Å². The monoisotopic (exact) mass is 320 g/mol. The highest BCUT2D eigenvalue weighted by atomic mass is 16.6. The molecule has 0 N–H and O–H groups in total. The first-order chi connectivity index (χ1) is 11.2. The molecule has 2 fully saturated rings. The largest absolute Gasteiger partial charge is 0.378 e. The number of aromatic nitrogens is 1. The molecule has 23 heavy (non-hydrogen) atoms. The summed E-state index contributed by atoms with van der Waals surface area (Å²) in [6, 6.07) is 3.01. The zero-order chi connectivity index (χ0) is 16.2. The molecule has 0 saturated carbocycles. The van der Waals surface area contributed by atoms with Gasteiger partial charge in [0.1, 0.15) is 0 Å². The van der Waals surface area contributed by atoms with Crippen LogP contribution in [0.3, 0.4) is 0 Å². The van der Waals surface area contributed by atoms with Gasteiger partial charge in [0.15, 0.2) is 0 Å². The maximum atomic E-state index is 12.6. The van der Waals surface area contributed by atoms with Gasteiger partial charge in [-0.1, -0.05) is 0 Å². The van der Waals surface area contributed by atoms with Gasteiger partial charge in [0.25, 0.3) is 0 Å². The Kier molecular flexibility index (Phi) is 4.71. The molecular weight excluding hydrogens is 300 g/mol. The van der Waals surface area contributed by atoms with E-state index in [2.05, 4.69) is 4.98 Å². The standard InChI is InChI=1S/C15H20N4O4/c20-15(17-7-9-23-10-8-17)12-3-2-6-18(11-12)14-13(19(21)22)4-1-5-16-14/h1,4-5,12H,2-3,6-11H2/t12-/m1/s1. The van der Waals surface area contributed by atoms with E-state index in [1.807, 2.05) is 9.80 Å². The smallest absolute Gasteiger partial charge is 0.311 e. The third kappa shape index (κ3) is 3.42. The van der Waals surface area contributed by atoms with Gasteiger partial charge >= 0.3 is 5.69 Å². The maximum Gasteiger partial charge on any atom is 0.311 e. The molecule has 3 rings (SSSR count). The number of nitro groups is 1. The van der Waals surface area contributed by atoms with E-state index in [1.165, 1.54) is 6.07 Å². The number of amides is 1. The Bertz CT molecular complexity index is 589. The Hall–Kier alpha value is -2.22. The van der Waals surface area contributed by atoms with Crippen LogP contribution in [0.25, 0.3) is 0 Å². The Labute approximate surface area is 134 Å². The van der Waals surface area contributed by atoms with Gasteiger partial charge in [0.05, 0.1) is 24.1 Å². The van der Waals surface area contributed by atoms with Gasteiger partial charge in [-0.15, -0.1) is 0 Å². The van der Waals surface area contributed by atoms with E-state index in [4.69, 9.17) is 4.74 Å². The van der Waals surface area contributed by atoms with Gasteiger partial charge in [-0.3, -0.25) is 14.9 Å². The van der Waals surface area contributed by atoms with Crippen LogP contribution >= 0.6 is 0 Å². The number of ether oxygens (including phenoxy) is 1. The first-order valence-electron chi connectivity index (χ1n) is 7.87. The van der Waals surface area contributed by atoms with E-state index in [1.54, 1.807) is 12.3 Å². The minimum atomic E-state index is -0.421. The van der Waals surface area contributed by atoms with Crippen LogP contribution in [0.15, 0.2) is 18.3 Å². The lowest BCUT2D eigenvalue weighted by atomic mass is 9.96.